The minimum Gasteiger partial charge on any atom is -0.493 e. The number of unbranched alkanes of at least 4 members (excludes halogenated alkanes) is 1. The molecule has 30 heavy (non-hydrogen) atoms. The monoisotopic (exact) mass is 424 g/mol. The lowest BCUT2D eigenvalue weighted by Gasteiger charge is -2.13. The number of amides is 2. The zero-order valence-electron chi connectivity index (χ0n) is 16.6. The van der Waals surface area contributed by atoms with E-state index < -0.39 is 23.6 Å². The fraction of sp³-hybridized carbons (Fsp3) is 0.333. The summed E-state index contributed by atoms with van der Waals surface area (Å²) in [7, 11) is 1.44. The van der Waals surface area contributed by atoms with Crippen molar-refractivity contribution in [2.24, 2.45) is 0 Å². The lowest BCUT2D eigenvalue weighted by atomic mass is 10.1. The Kier molecular flexibility index (Phi) is 8.08. The van der Waals surface area contributed by atoms with Crippen LogP contribution in [0.3, 0.4) is 0 Å². The van der Waals surface area contributed by atoms with E-state index in [0.717, 1.165) is 25.0 Å². The fourth-order valence-electron chi connectivity index (χ4n) is 2.54. The number of alkyl halides is 3. The Morgan fingerprint density at radius 3 is 2.47 bits per heavy atom. The van der Waals surface area contributed by atoms with E-state index in [9.17, 15) is 22.8 Å². The summed E-state index contributed by atoms with van der Waals surface area (Å²) in [5.41, 5.74) is 3.97. The van der Waals surface area contributed by atoms with Crippen molar-refractivity contribution < 1.29 is 32.2 Å². The molecule has 2 N–H and O–H groups in total. The average molecular weight is 424 g/mol. The van der Waals surface area contributed by atoms with Crippen molar-refractivity contribution in [2.45, 2.75) is 32.4 Å². The molecular weight excluding hydrogens is 401 g/mol. The van der Waals surface area contributed by atoms with E-state index in [1.807, 2.05) is 6.92 Å². The molecule has 0 aliphatic rings. The van der Waals surface area contributed by atoms with E-state index in [2.05, 4.69) is 10.9 Å². The first kappa shape index (κ1) is 23.1. The maximum Gasteiger partial charge on any atom is 0.416 e. The third-order valence-corrected chi connectivity index (χ3v) is 4.12. The van der Waals surface area contributed by atoms with Crippen LogP contribution in [0.5, 0.6) is 11.5 Å². The zero-order valence-corrected chi connectivity index (χ0v) is 16.6. The van der Waals surface area contributed by atoms with E-state index in [-0.39, 0.29) is 17.5 Å². The van der Waals surface area contributed by atoms with Crippen LogP contribution in [0.15, 0.2) is 42.5 Å². The molecule has 2 aromatic carbocycles. The van der Waals surface area contributed by atoms with Crippen LogP contribution in [0.25, 0.3) is 0 Å². The van der Waals surface area contributed by atoms with Gasteiger partial charge in [0.2, 0.25) is 5.91 Å². The Hall–Kier alpha value is -3.23. The van der Waals surface area contributed by atoms with E-state index in [1.54, 1.807) is 6.07 Å². The molecule has 0 fully saturated rings. The molecule has 0 heterocycles. The molecule has 0 spiro atoms. The summed E-state index contributed by atoms with van der Waals surface area (Å²) < 4.78 is 49.1. The second-order valence-corrected chi connectivity index (χ2v) is 6.44. The van der Waals surface area contributed by atoms with Gasteiger partial charge in [-0.3, -0.25) is 20.4 Å². The van der Waals surface area contributed by atoms with Crippen molar-refractivity contribution in [3.8, 4) is 11.5 Å². The number of rotatable bonds is 8. The molecule has 2 aromatic rings. The van der Waals surface area contributed by atoms with Crippen molar-refractivity contribution in [1.82, 2.24) is 10.9 Å². The van der Waals surface area contributed by atoms with Crippen LogP contribution in [0.2, 0.25) is 0 Å². The summed E-state index contributed by atoms with van der Waals surface area (Å²) in [6.45, 7) is 2.55. The van der Waals surface area contributed by atoms with E-state index in [1.165, 1.54) is 31.4 Å². The van der Waals surface area contributed by atoms with Crippen LogP contribution < -0.4 is 20.3 Å². The first-order chi connectivity index (χ1) is 14.2. The standard InChI is InChI=1S/C21H23F3N2O4/c1-3-4-10-30-17-9-8-15(13-18(17)29-2)20(28)26-25-19(27)12-14-6-5-7-16(11-14)21(22,23)24/h5-9,11,13H,3-4,10,12H2,1-2H3,(H,25,27)(H,26,28). The van der Waals surface area contributed by atoms with Gasteiger partial charge in [-0.1, -0.05) is 31.5 Å². The van der Waals surface area contributed by atoms with Gasteiger partial charge in [-0.15, -0.1) is 0 Å². The summed E-state index contributed by atoms with van der Waals surface area (Å²) in [4.78, 5) is 24.2. The van der Waals surface area contributed by atoms with E-state index in [0.29, 0.717) is 18.1 Å². The fourth-order valence-corrected chi connectivity index (χ4v) is 2.54. The van der Waals surface area contributed by atoms with Gasteiger partial charge in [-0.25, -0.2) is 0 Å². The maximum atomic E-state index is 12.7. The molecule has 0 aromatic heterocycles. The van der Waals surface area contributed by atoms with Gasteiger partial charge in [0.1, 0.15) is 0 Å². The van der Waals surface area contributed by atoms with Gasteiger partial charge in [-0.05, 0) is 36.2 Å². The number of carbonyl (C=O) groups is 2. The maximum absolute atomic E-state index is 12.7. The molecule has 0 saturated heterocycles. The number of halogens is 3. The highest BCUT2D eigenvalue weighted by Crippen LogP contribution is 2.30. The molecule has 9 heteroatoms. The number of carbonyl (C=O) groups excluding carboxylic acids is 2. The molecular formula is C21H23F3N2O4. The van der Waals surface area contributed by atoms with Crippen LogP contribution in [-0.2, 0) is 17.4 Å². The van der Waals surface area contributed by atoms with Crippen molar-refractivity contribution in [3.63, 3.8) is 0 Å². The van der Waals surface area contributed by atoms with E-state index in [4.69, 9.17) is 9.47 Å². The largest absolute Gasteiger partial charge is 0.493 e. The van der Waals surface area contributed by atoms with Crippen molar-refractivity contribution in [1.29, 1.82) is 0 Å². The van der Waals surface area contributed by atoms with Crippen molar-refractivity contribution in [3.05, 3.63) is 59.2 Å². The van der Waals surface area contributed by atoms with Crippen LogP contribution in [0, 0.1) is 0 Å². The predicted octanol–water partition coefficient (Wildman–Crippen LogP) is 3.90. The first-order valence-corrected chi connectivity index (χ1v) is 9.30. The minimum atomic E-state index is -4.49. The second-order valence-electron chi connectivity index (χ2n) is 6.44. The molecule has 0 aliphatic carbocycles. The Bertz CT molecular complexity index is 885. The predicted molar refractivity (Wildman–Crippen MR) is 104 cm³/mol. The number of benzene rings is 2. The summed E-state index contributed by atoms with van der Waals surface area (Å²) in [5.74, 6) is -0.398. The molecule has 2 amide bonds. The van der Waals surface area contributed by atoms with Gasteiger partial charge in [0.05, 0.1) is 25.7 Å². The molecule has 6 nitrogen and oxygen atoms in total. The lowest BCUT2D eigenvalue weighted by Crippen LogP contribution is -2.42. The van der Waals surface area contributed by atoms with Crippen LogP contribution in [0.4, 0.5) is 13.2 Å². The van der Waals surface area contributed by atoms with Gasteiger partial charge in [-0.2, -0.15) is 13.2 Å². The summed E-state index contributed by atoms with van der Waals surface area (Å²) in [5, 5.41) is 0. The molecule has 0 radical (unpaired) electrons. The van der Waals surface area contributed by atoms with Gasteiger partial charge in [0, 0.05) is 5.56 Å². The molecule has 0 aliphatic heterocycles. The number of nitrogens with one attached hydrogen (secondary N) is 2. The summed E-state index contributed by atoms with van der Waals surface area (Å²) in [6.07, 6.45) is -2.96. The highest BCUT2D eigenvalue weighted by Gasteiger charge is 2.30. The quantitative estimate of drug-likeness (QED) is 0.498. The van der Waals surface area contributed by atoms with Gasteiger partial charge in [0.25, 0.3) is 5.91 Å². The first-order valence-electron chi connectivity index (χ1n) is 9.30. The van der Waals surface area contributed by atoms with Gasteiger partial charge >= 0.3 is 6.18 Å². The Labute approximate surface area is 172 Å². The number of ether oxygens (including phenoxy) is 2. The number of hydrazine groups is 1. The lowest BCUT2D eigenvalue weighted by molar-refractivity contribution is -0.137. The van der Waals surface area contributed by atoms with Crippen molar-refractivity contribution >= 4 is 11.8 Å². The normalized spacial score (nSPS) is 11.0. The number of hydrogen-bond donors (Lipinski definition) is 2. The minimum absolute atomic E-state index is 0.173. The summed E-state index contributed by atoms with van der Waals surface area (Å²) >= 11 is 0. The molecule has 0 bridgehead atoms. The topological polar surface area (TPSA) is 76.7 Å². The van der Waals surface area contributed by atoms with Gasteiger partial charge < -0.3 is 9.47 Å². The molecule has 0 saturated carbocycles. The van der Waals surface area contributed by atoms with Crippen LogP contribution in [0.1, 0.15) is 41.3 Å². The third kappa shape index (κ3) is 6.68. The summed E-state index contributed by atoms with van der Waals surface area (Å²) in [6, 6.07) is 9.01. The average Bonchev–Trinajstić information content (AvgIpc) is 2.72. The van der Waals surface area contributed by atoms with Crippen LogP contribution >= 0.6 is 0 Å². The molecule has 162 valence electrons. The second kappa shape index (κ2) is 10.5. The Morgan fingerprint density at radius 1 is 1.03 bits per heavy atom. The van der Waals surface area contributed by atoms with Gasteiger partial charge in [0.15, 0.2) is 11.5 Å². The Balaban J connectivity index is 1.94. The van der Waals surface area contributed by atoms with E-state index >= 15 is 0 Å². The van der Waals surface area contributed by atoms with Crippen LogP contribution in [-0.4, -0.2) is 25.5 Å². The SMILES string of the molecule is CCCCOc1ccc(C(=O)NNC(=O)Cc2cccc(C(F)(F)F)c2)cc1OC. The Morgan fingerprint density at radius 2 is 1.80 bits per heavy atom. The highest BCUT2D eigenvalue weighted by atomic mass is 19.4. The van der Waals surface area contributed by atoms with Crippen molar-refractivity contribution in [2.75, 3.05) is 13.7 Å². The zero-order chi connectivity index (χ0) is 22.1. The highest BCUT2D eigenvalue weighted by molar-refractivity contribution is 5.96. The molecule has 2 rings (SSSR count). The molecule has 0 unspecified atom stereocenters. The smallest absolute Gasteiger partial charge is 0.416 e. The number of methoxy groups -OCH3 is 1. The number of hydrogen-bond acceptors (Lipinski definition) is 4. The molecule has 0 atom stereocenters. The third-order valence-electron chi connectivity index (χ3n) is 4.12.